The van der Waals surface area contributed by atoms with E-state index in [1.165, 1.54) is 42.6 Å². The SMILES string of the molecule is O=C([O-])CC(O)(CC(=O)[O-])C(=O)[O-].O=C([O-])c1cccc2cccnc12.O=S(=O)(O)c1ccc(O)c2ncccc12.Oc1c(Cl)cc(Cl)c2cccnc12.Oc1ccc(Cl)c2cccnc12.Oc1cccc2cccnc12.Oc1cccc2cccnc12.[Cu]. The quantitative estimate of drug-likeness (QED) is 0.0684. The fourth-order valence-corrected chi connectivity index (χ4v) is 9.18. The normalized spacial score (nSPS) is 10.5. The van der Waals surface area contributed by atoms with Gasteiger partial charge < -0.3 is 70.2 Å². The first-order valence-electron chi connectivity index (χ1n) is 24.9. The maximum absolute atomic E-state index is 11.0. The van der Waals surface area contributed by atoms with Gasteiger partial charge >= 0.3 is 0 Å². The standard InChI is InChI=1S/C10H7NO2.C9H5Cl2NO.C9H6ClNO.C9H7NO4S.2C9H7NO.C6H8O7.Cu/c12-10(13)8-5-1-3-7-4-2-6-11-9(7)8;10-6-4-7(11)9(13)8-5(6)2-1-3-12-8;10-7-3-4-8(12)9-6(7)2-1-5-11-9;11-7-3-4-8(15(12,13)14)6-2-1-5-10-9(6)7;2*11-8-5-1-3-7-4-2-6-10-9(7)8;7-3(8)1-6(13,5(11)12)2-4(9)10;/h1-6H,(H,12,13);1-4,13H;1-5,12H;1-5,11H,(H,12,13,14);2*1-6,11H;13H,1-2H2,(H,7,8)(H,9,10)(H,11,12);/p-4. The molecule has 0 fully saturated rings. The minimum Gasteiger partial charge on any atom is -0.550 e. The molecule has 6 aromatic carbocycles. The van der Waals surface area contributed by atoms with Crippen LogP contribution in [0, 0.1) is 0 Å². The van der Waals surface area contributed by atoms with Gasteiger partial charge in [-0.2, -0.15) is 8.42 Å². The number of aromatic nitrogens is 6. The third kappa shape index (κ3) is 19.0. The molecule has 0 aliphatic rings. The summed E-state index contributed by atoms with van der Waals surface area (Å²) in [6.07, 6.45) is 6.81. The average molecular weight is 1330 g/mol. The first kappa shape index (κ1) is 69.7. The second-order valence-corrected chi connectivity index (χ2v) is 20.4. The number of carboxylic acids is 4. The number of hydrogen-bond donors (Lipinski definition) is 7. The van der Waals surface area contributed by atoms with Crippen molar-refractivity contribution in [3.8, 4) is 28.7 Å². The van der Waals surface area contributed by atoms with Gasteiger partial charge in [0.2, 0.25) is 0 Å². The number of hydrogen-bond acceptors (Lipinski definition) is 22. The summed E-state index contributed by atoms with van der Waals surface area (Å²) in [7, 11) is -4.30. The van der Waals surface area contributed by atoms with Gasteiger partial charge in [-0.3, -0.25) is 34.5 Å². The van der Waals surface area contributed by atoms with Crippen molar-refractivity contribution in [2.45, 2.75) is 23.3 Å². The van der Waals surface area contributed by atoms with Crippen LogP contribution < -0.4 is 20.4 Å². The van der Waals surface area contributed by atoms with Crippen molar-refractivity contribution < 1.29 is 100 Å². The molecule has 0 amide bonds. The largest absolute Gasteiger partial charge is 0.550 e. The molecule has 0 aliphatic heterocycles. The maximum Gasteiger partial charge on any atom is 0.295 e. The summed E-state index contributed by atoms with van der Waals surface area (Å²) in [4.78, 5) is 64.3. The Morgan fingerprint density at radius 2 is 0.787 bits per heavy atom. The van der Waals surface area contributed by atoms with Crippen molar-refractivity contribution in [2.24, 2.45) is 0 Å². The van der Waals surface area contributed by atoms with E-state index in [-0.39, 0.29) is 72.2 Å². The van der Waals surface area contributed by atoms with E-state index in [0.717, 1.165) is 27.6 Å². The minimum atomic E-state index is -4.30. The molecule has 12 rings (SSSR count). The molecule has 0 aliphatic carbocycles. The predicted octanol–water partition coefficient (Wildman–Crippen LogP) is 6.25. The summed E-state index contributed by atoms with van der Waals surface area (Å²) in [5, 5.41) is 102. The predicted molar refractivity (Wildman–Crippen MR) is 317 cm³/mol. The number of aromatic carboxylic acids is 1. The third-order valence-corrected chi connectivity index (χ3v) is 13.6. The molecule has 0 saturated heterocycles. The summed E-state index contributed by atoms with van der Waals surface area (Å²) in [6.45, 7) is 0. The van der Waals surface area contributed by atoms with Crippen LogP contribution in [0.2, 0.25) is 15.1 Å². The molecular weight excluding hydrogens is 1290 g/mol. The van der Waals surface area contributed by atoms with E-state index in [2.05, 4.69) is 29.9 Å². The zero-order valence-corrected chi connectivity index (χ0v) is 49.2. The van der Waals surface area contributed by atoms with Crippen molar-refractivity contribution in [1.82, 2.24) is 29.9 Å². The molecule has 0 spiro atoms. The van der Waals surface area contributed by atoms with Crippen LogP contribution in [0.5, 0.6) is 28.7 Å². The van der Waals surface area contributed by atoms with E-state index < -0.39 is 52.4 Å². The number of phenols is 5. The Hall–Kier alpha value is -10.1. The summed E-state index contributed by atoms with van der Waals surface area (Å²) in [6, 6.07) is 43.9. The van der Waals surface area contributed by atoms with E-state index in [0.29, 0.717) is 43.0 Å². The summed E-state index contributed by atoms with van der Waals surface area (Å²) < 4.78 is 30.9. The number of para-hydroxylation sites is 3. The van der Waals surface area contributed by atoms with Crippen LogP contribution in [0.15, 0.2) is 200 Å². The fraction of sp³-hybridized carbons (Fsp3) is 0.0492. The van der Waals surface area contributed by atoms with E-state index in [1.54, 1.807) is 91.6 Å². The number of benzene rings is 6. The summed E-state index contributed by atoms with van der Waals surface area (Å²) >= 11 is 17.5. The zero-order chi connectivity index (χ0) is 64.3. The number of aliphatic hydroxyl groups is 1. The van der Waals surface area contributed by atoms with Gasteiger partial charge in [0.15, 0.2) is 5.75 Å². The van der Waals surface area contributed by atoms with Gasteiger partial charge in [-0.05, 0) is 97.1 Å². The maximum atomic E-state index is 11.0. The number of aromatic hydroxyl groups is 5. The Balaban J connectivity index is 0.000000189. The zero-order valence-electron chi connectivity index (χ0n) is 45.1. The van der Waals surface area contributed by atoms with Gasteiger partial charge in [-0.1, -0.05) is 95.5 Å². The molecule has 461 valence electrons. The van der Waals surface area contributed by atoms with Crippen LogP contribution >= 0.6 is 34.8 Å². The van der Waals surface area contributed by atoms with Crippen LogP contribution in [0.4, 0.5) is 0 Å². The first-order chi connectivity index (χ1) is 41.8. The molecule has 23 nitrogen and oxygen atoms in total. The van der Waals surface area contributed by atoms with E-state index in [4.69, 9.17) is 44.5 Å². The van der Waals surface area contributed by atoms with Gasteiger partial charge in [0, 0.05) is 117 Å². The van der Waals surface area contributed by atoms with Gasteiger partial charge in [-0.25, -0.2) is 0 Å². The number of carboxylic acid groups (broad SMARTS) is 4. The third-order valence-electron chi connectivity index (χ3n) is 11.8. The molecule has 28 heteroatoms. The second kappa shape index (κ2) is 32.1. The Bertz CT molecular complexity index is 4490. The Morgan fingerprint density at radius 1 is 0.427 bits per heavy atom. The number of carbonyl (C=O) groups excluding carboxylic acids is 4. The number of nitrogens with zero attached hydrogens (tertiary/aromatic N) is 6. The van der Waals surface area contributed by atoms with E-state index in [9.17, 15) is 73.6 Å². The molecular formula is C61H43Cl3CuN6O17S-4. The van der Waals surface area contributed by atoms with Crippen molar-refractivity contribution in [2.75, 3.05) is 0 Å². The van der Waals surface area contributed by atoms with Crippen LogP contribution in [-0.4, -0.2) is 103 Å². The van der Waals surface area contributed by atoms with E-state index >= 15 is 0 Å². The van der Waals surface area contributed by atoms with Crippen LogP contribution in [0.1, 0.15) is 23.2 Å². The second-order valence-electron chi connectivity index (χ2n) is 17.8. The van der Waals surface area contributed by atoms with Crippen LogP contribution in [0.3, 0.4) is 0 Å². The minimum absolute atomic E-state index is 0. The molecule has 12 aromatic rings. The van der Waals surface area contributed by atoms with Crippen molar-refractivity contribution >= 4 is 134 Å². The van der Waals surface area contributed by atoms with Crippen molar-refractivity contribution in [3.63, 3.8) is 0 Å². The molecule has 0 unspecified atom stereocenters. The molecule has 7 N–H and O–H groups in total. The first-order valence-corrected chi connectivity index (χ1v) is 27.5. The van der Waals surface area contributed by atoms with Gasteiger partial charge in [0.25, 0.3) is 10.1 Å². The number of halogens is 3. The molecule has 89 heavy (non-hydrogen) atoms. The molecule has 0 atom stereocenters. The average Bonchev–Trinajstić information content (AvgIpc) is 1.87. The Labute approximate surface area is 528 Å². The molecule has 6 aromatic heterocycles. The molecule has 1 radical (unpaired) electrons. The van der Waals surface area contributed by atoms with E-state index in [1.807, 2.05) is 54.6 Å². The fourth-order valence-electron chi connectivity index (χ4n) is 7.77. The Morgan fingerprint density at radius 3 is 1.21 bits per heavy atom. The van der Waals surface area contributed by atoms with Crippen LogP contribution in [-0.2, 0) is 41.6 Å². The molecule has 6 heterocycles. The summed E-state index contributed by atoms with van der Waals surface area (Å²) in [5.41, 5.74) is 0.0863. The smallest absolute Gasteiger partial charge is 0.295 e. The van der Waals surface area contributed by atoms with Crippen molar-refractivity contribution in [1.29, 1.82) is 0 Å². The van der Waals surface area contributed by atoms with Gasteiger partial charge in [0.05, 0.1) is 32.5 Å². The number of phenolic OH excluding ortho intramolecular Hbond substituents is 5. The van der Waals surface area contributed by atoms with Crippen LogP contribution in [0.25, 0.3) is 65.4 Å². The van der Waals surface area contributed by atoms with Gasteiger partial charge in [-0.15, -0.1) is 0 Å². The van der Waals surface area contributed by atoms with Crippen molar-refractivity contribution in [3.05, 3.63) is 216 Å². The monoisotopic (exact) mass is 1330 g/mol. The number of rotatable bonds is 7. The number of carbonyl (C=O) groups is 4. The number of aliphatic carboxylic acids is 3. The molecule has 0 saturated carbocycles. The molecule has 0 bridgehead atoms. The topological polar surface area (TPSA) is 414 Å². The van der Waals surface area contributed by atoms with Gasteiger partial charge in [0.1, 0.15) is 61.1 Å². The Kier molecular flexibility index (Phi) is 25.1. The number of fused-ring (bicyclic) bond motifs is 6. The summed E-state index contributed by atoms with van der Waals surface area (Å²) in [5.74, 6) is -6.69. The number of pyridine rings is 6.